The molecule has 0 spiro atoms. The number of alkyl halides is 3. The molecule has 0 saturated heterocycles. The number of anilines is 1. The van der Waals surface area contributed by atoms with Crippen molar-refractivity contribution in [3.63, 3.8) is 0 Å². The Balaban J connectivity index is 2.52. The fourth-order valence-electron chi connectivity index (χ4n) is 1.20. The molecule has 0 saturated carbocycles. The average Bonchev–Trinajstić information content (AvgIpc) is 2.50. The number of rotatable bonds is 0. The fourth-order valence-corrected chi connectivity index (χ4v) is 3.66. The Bertz CT molecular complexity index is 376. The topological polar surface area (TPSA) is 26.0 Å². The monoisotopic (exact) mass is 237 g/mol. The lowest BCUT2D eigenvalue weighted by atomic mass is 10.2. The molecule has 0 bridgehead atoms. The number of fused-ring (bicyclic) bond motifs is 1. The average molecular weight is 237 g/mol. The van der Waals surface area contributed by atoms with E-state index in [1.54, 1.807) is 0 Å². The minimum absolute atomic E-state index is 0.227. The summed E-state index contributed by atoms with van der Waals surface area (Å²) in [6.45, 7) is 0. The third kappa shape index (κ3) is 1.68. The number of benzene rings is 1. The molecule has 6 heteroatoms. The standard InChI is InChI=1S/C8H6F3NS2/c9-8(10,11)4-1-5(12)7-6(2-4)13-3-14-7/h1-2H,3,12H2. The molecule has 1 aromatic carbocycles. The summed E-state index contributed by atoms with van der Waals surface area (Å²) in [6, 6.07) is 2.16. The predicted octanol–water partition coefficient (Wildman–Crippen LogP) is 3.44. The quantitative estimate of drug-likeness (QED) is 0.700. The summed E-state index contributed by atoms with van der Waals surface area (Å²) in [5.74, 6) is 0. The van der Waals surface area contributed by atoms with Crippen molar-refractivity contribution in [2.24, 2.45) is 0 Å². The number of nitrogens with two attached hydrogens (primary N) is 1. The second-order valence-electron chi connectivity index (χ2n) is 2.80. The SMILES string of the molecule is Nc1cc(C(F)(F)F)cc2c1SCS2. The van der Waals surface area contributed by atoms with Gasteiger partial charge >= 0.3 is 6.18 Å². The summed E-state index contributed by atoms with van der Waals surface area (Å²) >= 11 is 2.88. The molecule has 14 heavy (non-hydrogen) atoms. The highest BCUT2D eigenvalue weighted by Gasteiger charge is 2.32. The second-order valence-corrected chi connectivity index (χ2v) is 5.17. The van der Waals surface area contributed by atoms with Gasteiger partial charge in [-0.15, -0.1) is 23.5 Å². The molecule has 0 radical (unpaired) electrons. The number of nitrogen functional groups attached to an aromatic ring is 1. The first-order chi connectivity index (χ1) is 6.48. The van der Waals surface area contributed by atoms with Crippen LogP contribution in [0.3, 0.4) is 0 Å². The van der Waals surface area contributed by atoms with Crippen LogP contribution in [0.15, 0.2) is 21.9 Å². The van der Waals surface area contributed by atoms with Crippen LogP contribution in [-0.2, 0) is 6.18 Å². The maximum Gasteiger partial charge on any atom is 0.416 e. The van der Waals surface area contributed by atoms with Crippen molar-refractivity contribution in [2.45, 2.75) is 16.0 Å². The van der Waals surface area contributed by atoms with Gasteiger partial charge in [0.1, 0.15) is 0 Å². The molecule has 1 aliphatic rings. The van der Waals surface area contributed by atoms with E-state index in [2.05, 4.69) is 0 Å². The van der Waals surface area contributed by atoms with Crippen molar-refractivity contribution in [1.82, 2.24) is 0 Å². The molecular formula is C8H6F3NS2. The summed E-state index contributed by atoms with van der Waals surface area (Å²) in [5, 5.41) is 0.737. The van der Waals surface area contributed by atoms with Crippen LogP contribution in [0.25, 0.3) is 0 Å². The first-order valence-electron chi connectivity index (χ1n) is 3.75. The van der Waals surface area contributed by atoms with Crippen LogP contribution in [0, 0.1) is 0 Å². The van der Waals surface area contributed by atoms with Crippen LogP contribution in [-0.4, -0.2) is 5.08 Å². The zero-order valence-corrected chi connectivity index (χ0v) is 8.52. The van der Waals surface area contributed by atoms with Gasteiger partial charge in [0.25, 0.3) is 0 Å². The first-order valence-corrected chi connectivity index (χ1v) is 5.72. The van der Waals surface area contributed by atoms with Crippen LogP contribution in [0.5, 0.6) is 0 Å². The molecule has 0 amide bonds. The summed E-state index contributed by atoms with van der Waals surface area (Å²) < 4.78 is 37.1. The highest BCUT2D eigenvalue weighted by atomic mass is 32.2. The molecule has 0 aromatic heterocycles. The Kier molecular flexibility index (Phi) is 2.35. The third-order valence-electron chi connectivity index (χ3n) is 1.83. The van der Waals surface area contributed by atoms with Gasteiger partial charge in [-0.3, -0.25) is 0 Å². The molecule has 2 rings (SSSR count). The van der Waals surface area contributed by atoms with Gasteiger partial charge in [-0.05, 0) is 12.1 Å². The van der Waals surface area contributed by atoms with Gasteiger partial charge in [-0.25, -0.2) is 0 Å². The smallest absolute Gasteiger partial charge is 0.398 e. The minimum atomic E-state index is -4.31. The van der Waals surface area contributed by atoms with E-state index in [0.717, 1.165) is 22.1 Å². The Morgan fingerprint density at radius 2 is 1.93 bits per heavy atom. The third-order valence-corrected chi connectivity index (χ3v) is 4.28. The first kappa shape index (κ1) is 10.0. The van der Waals surface area contributed by atoms with E-state index in [0.29, 0.717) is 4.90 Å². The highest BCUT2D eigenvalue weighted by molar-refractivity contribution is 8.18. The molecule has 0 aliphatic carbocycles. The van der Waals surface area contributed by atoms with Crippen LogP contribution in [0.4, 0.5) is 18.9 Å². The molecule has 1 aromatic rings. The summed E-state index contributed by atoms with van der Waals surface area (Å²) in [4.78, 5) is 1.42. The van der Waals surface area contributed by atoms with Crippen LogP contribution < -0.4 is 5.73 Å². The number of halogens is 3. The van der Waals surface area contributed by atoms with Gasteiger partial charge in [-0.1, -0.05) is 0 Å². The molecule has 1 heterocycles. The van der Waals surface area contributed by atoms with Gasteiger partial charge in [-0.2, -0.15) is 13.2 Å². The molecule has 76 valence electrons. The summed E-state index contributed by atoms with van der Waals surface area (Å²) in [6.07, 6.45) is -4.31. The van der Waals surface area contributed by atoms with E-state index in [4.69, 9.17) is 5.73 Å². The maximum absolute atomic E-state index is 12.4. The minimum Gasteiger partial charge on any atom is -0.398 e. The van der Waals surface area contributed by atoms with Crippen LogP contribution >= 0.6 is 23.5 Å². The van der Waals surface area contributed by atoms with Crippen molar-refractivity contribution in [3.8, 4) is 0 Å². The predicted molar refractivity (Wildman–Crippen MR) is 52.4 cm³/mol. The van der Waals surface area contributed by atoms with Gasteiger partial charge in [0.15, 0.2) is 0 Å². The van der Waals surface area contributed by atoms with Gasteiger partial charge in [0.05, 0.1) is 5.56 Å². The van der Waals surface area contributed by atoms with E-state index >= 15 is 0 Å². The second kappa shape index (κ2) is 3.27. The van der Waals surface area contributed by atoms with E-state index < -0.39 is 11.7 Å². The lowest BCUT2D eigenvalue weighted by Crippen LogP contribution is -2.06. The molecule has 1 aliphatic heterocycles. The van der Waals surface area contributed by atoms with Crippen molar-refractivity contribution < 1.29 is 13.2 Å². The Hall–Kier alpha value is -0.490. The number of hydrogen-bond acceptors (Lipinski definition) is 3. The lowest BCUT2D eigenvalue weighted by Gasteiger charge is -2.09. The number of thioether (sulfide) groups is 2. The summed E-state index contributed by atoms with van der Waals surface area (Å²) in [5.41, 5.74) is 5.10. The Morgan fingerprint density at radius 3 is 2.57 bits per heavy atom. The van der Waals surface area contributed by atoms with Crippen LogP contribution in [0.1, 0.15) is 5.56 Å². The van der Waals surface area contributed by atoms with Crippen molar-refractivity contribution in [1.29, 1.82) is 0 Å². The van der Waals surface area contributed by atoms with Crippen LogP contribution in [0.2, 0.25) is 0 Å². The lowest BCUT2D eigenvalue weighted by molar-refractivity contribution is -0.137. The van der Waals surface area contributed by atoms with E-state index in [-0.39, 0.29) is 5.69 Å². The van der Waals surface area contributed by atoms with E-state index in [1.165, 1.54) is 23.5 Å². The van der Waals surface area contributed by atoms with Crippen molar-refractivity contribution in [2.75, 3.05) is 10.8 Å². The summed E-state index contributed by atoms with van der Waals surface area (Å²) in [7, 11) is 0. The van der Waals surface area contributed by atoms with Gasteiger partial charge in [0, 0.05) is 20.6 Å². The molecule has 1 nitrogen and oxygen atoms in total. The van der Waals surface area contributed by atoms with Crippen molar-refractivity contribution in [3.05, 3.63) is 17.7 Å². The highest BCUT2D eigenvalue weighted by Crippen LogP contribution is 2.47. The van der Waals surface area contributed by atoms with Gasteiger partial charge < -0.3 is 5.73 Å². The maximum atomic E-state index is 12.4. The zero-order chi connectivity index (χ0) is 10.3. The molecule has 0 atom stereocenters. The molecule has 2 N–H and O–H groups in total. The zero-order valence-electron chi connectivity index (χ0n) is 6.89. The molecule has 0 fully saturated rings. The van der Waals surface area contributed by atoms with E-state index in [9.17, 15) is 13.2 Å². The van der Waals surface area contributed by atoms with Crippen molar-refractivity contribution >= 4 is 29.2 Å². The van der Waals surface area contributed by atoms with E-state index in [1.807, 2.05) is 0 Å². The Morgan fingerprint density at radius 1 is 1.21 bits per heavy atom. The fraction of sp³-hybridized carbons (Fsp3) is 0.250. The Labute approximate surface area is 87.2 Å². The molecular weight excluding hydrogens is 231 g/mol. The largest absolute Gasteiger partial charge is 0.416 e. The number of hydrogen-bond donors (Lipinski definition) is 1. The molecule has 0 unspecified atom stereocenters. The van der Waals surface area contributed by atoms with Gasteiger partial charge in [0.2, 0.25) is 0 Å². The normalized spacial score (nSPS) is 15.6.